The monoisotopic (exact) mass is 749 g/mol. The second kappa shape index (κ2) is 35.3. The number of aliphatic carboxylic acids is 3. The number of rotatable bonds is 21. The van der Waals surface area contributed by atoms with E-state index >= 15 is 0 Å². The molecule has 310 valence electrons. The summed E-state index contributed by atoms with van der Waals surface area (Å²) in [6.07, 6.45) is 8.66. The maximum Gasteiger partial charge on any atom is 0.305 e. The molecule has 0 rings (SSSR count). The SMILES string of the molecule is C=O.CC(C)(C)NCC=CCCOCCC(=O)O.CC(C)(C)NCCCC(=O)O.CC(C)(C)NCCCNCCCC(=O)O.CCC(=O)C(C)(C)C. The summed E-state index contributed by atoms with van der Waals surface area (Å²) in [4.78, 5) is 49.3. The van der Waals surface area contributed by atoms with Crippen LogP contribution >= 0.6 is 0 Å². The Labute approximate surface area is 316 Å². The van der Waals surface area contributed by atoms with E-state index in [1.54, 1.807) is 0 Å². The van der Waals surface area contributed by atoms with Crippen LogP contribution < -0.4 is 21.3 Å². The molecule has 13 nitrogen and oxygen atoms in total. The normalized spacial score (nSPS) is 11.4. The van der Waals surface area contributed by atoms with Crippen LogP contribution in [0.5, 0.6) is 0 Å². The molecule has 0 bridgehead atoms. The Kier molecular flexibility index (Phi) is 39.8. The van der Waals surface area contributed by atoms with Crippen molar-refractivity contribution in [3.8, 4) is 0 Å². The Morgan fingerprint density at radius 2 is 0.981 bits per heavy atom. The molecule has 0 aliphatic carbocycles. The molecule has 0 aromatic heterocycles. The summed E-state index contributed by atoms with van der Waals surface area (Å²) < 4.78 is 5.14. The molecule has 52 heavy (non-hydrogen) atoms. The molecule has 0 fully saturated rings. The Morgan fingerprint density at radius 1 is 0.577 bits per heavy atom. The van der Waals surface area contributed by atoms with Crippen molar-refractivity contribution in [2.24, 2.45) is 5.41 Å². The topological polar surface area (TPSA) is 203 Å². The van der Waals surface area contributed by atoms with E-state index in [2.05, 4.69) is 89.7 Å². The van der Waals surface area contributed by atoms with Crippen molar-refractivity contribution < 1.29 is 44.0 Å². The quantitative estimate of drug-likeness (QED) is 0.0525. The van der Waals surface area contributed by atoms with E-state index < -0.39 is 17.9 Å². The third-order valence-electron chi connectivity index (χ3n) is 6.12. The molecule has 0 aromatic rings. The molecule has 0 spiro atoms. The minimum absolute atomic E-state index is 0.0787. The van der Waals surface area contributed by atoms with E-state index in [9.17, 15) is 19.2 Å². The molecular weight excluding hydrogens is 668 g/mol. The lowest BCUT2D eigenvalue weighted by Crippen LogP contribution is -2.37. The van der Waals surface area contributed by atoms with Crippen molar-refractivity contribution in [2.75, 3.05) is 45.9 Å². The van der Waals surface area contributed by atoms with E-state index in [0.29, 0.717) is 38.3 Å². The van der Waals surface area contributed by atoms with Gasteiger partial charge in [-0.2, -0.15) is 0 Å². The predicted octanol–water partition coefficient (Wildman–Crippen LogP) is 6.10. The molecule has 0 saturated heterocycles. The molecule has 0 aromatic carbocycles. The third-order valence-corrected chi connectivity index (χ3v) is 6.12. The predicted molar refractivity (Wildman–Crippen MR) is 213 cm³/mol. The molecule has 0 saturated carbocycles. The van der Waals surface area contributed by atoms with E-state index in [0.717, 1.165) is 45.6 Å². The average molecular weight is 749 g/mol. The fourth-order valence-corrected chi connectivity index (χ4v) is 3.38. The molecule has 0 radical (unpaired) electrons. The van der Waals surface area contributed by atoms with Crippen molar-refractivity contribution in [1.82, 2.24) is 21.3 Å². The molecule has 0 unspecified atom stereocenters. The van der Waals surface area contributed by atoms with Crippen molar-refractivity contribution in [3.05, 3.63) is 12.2 Å². The first-order valence-electron chi connectivity index (χ1n) is 18.4. The van der Waals surface area contributed by atoms with Gasteiger partial charge in [-0.05, 0) is 114 Å². The third kappa shape index (κ3) is 69.1. The lowest BCUT2D eigenvalue weighted by Gasteiger charge is -2.20. The van der Waals surface area contributed by atoms with E-state index in [-0.39, 0.29) is 41.3 Å². The van der Waals surface area contributed by atoms with Crippen LogP contribution in [0, 0.1) is 5.41 Å². The van der Waals surface area contributed by atoms with Crippen LogP contribution in [0.4, 0.5) is 0 Å². The Bertz CT molecular complexity index is 915. The largest absolute Gasteiger partial charge is 0.481 e. The Hall–Kier alpha value is -2.71. The van der Waals surface area contributed by atoms with E-state index in [1.165, 1.54) is 0 Å². The second-order valence-electron chi connectivity index (χ2n) is 16.1. The molecular formula is C39H80N4O9. The van der Waals surface area contributed by atoms with Gasteiger partial charge in [0, 0.05) is 47.8 Å². The van der Waals surface area contributed by atoms with E-state index in [4.69, 9.17) is 24.9 Å². The van der Waals surface area contributed by atoms with Crippen LogP contribution in [-0.4, -0.2) is 108 Å². The maximum absolute atomic E-state index is 10.8. The van der Waals surface area contributed by atoms with Gasteiger partial charge in [0.2, 0.25) is 0 Å². The highest BCUT2D eigenvalue weighted by Crippen LogP contribution is 2.15. The molecule has 0 heterocycles. The fraction of sp³-hybridized carbons (Fsp3) is 0.821. The maximum atomic E-state index is 10.8. The number of ether oxygens (including phenoxy) is 1. The minimum atomic E-state index is -0.815. The second-order valence-corrected chi connectivity index (χ2v) is 16.1. The number of nitrogens with one attached hydrogen (secondary N) is 4. The highest BCUT2D eigenvalue weighted by atomic mass is 16.5. The van der Waals surface area contributed by atoms with Crippen LogP contribution in [0.25, 0.3) is 0 Å². The molecule has 0 aliphatic heterocycles. The molecule has 0 amide bonds. The smallest absolute Gasteiger partial charge is 0.305 e. The first kappa shape index (κ1) is 58.6. The molecule has 0 atom stereocenters. The van der Waals surface area contributed by atoms with Crippen LogP contribution in [0.3, 0.4) is 0 Å². The number of hydrogen-bond acceptors (Lipinski definition) is 10. The summed E-state index contributed by atoms with van der Waals surface area (Å²) >= 11 is 0. The summed E-state index contributed by atoms with van der Waals surface area (Å²) in [6, 6.07) is 0. The first-order chi connectivity index (χ1) is 23.7. The average Bonchev–Trinajstić information content (AvgIpc) is 2.99. The van der Waals surface area contributed by atoms with Gasteiger partial charge in [-0.1, -0.05) is 39.8 Å². The minimum Gasteiger partial charge on any atom is -0.481 e. The van der Waals surface area contributed by atoms with Gasteiger partial charge in [0.15, 0.2) is 0 Å². The number of hydrogen-bond donors (Lipinski definition) is 7. The number of Topliss-reactive ketones (excluding diaryl/α,β-unsaturated/α-hetero) is 1. The molecule has 7 N–H and O–H groups in total. The van der Waals surface area contributed by atoms with Gasteiger partial charge in [-0.3, -0.25) is 19.2 Å². The number of ketones is 1. The van der Waals surface area contributed by atoms with E-state index in [1.807, 2.05) is 40.6 Å². The van der Waals surface area contributed by atoms with Gasteiger partial charge in [0.25, 0.3) is 0 Å². The molecule has 0 aliphatic rings. The van der Waals surface area contributed by atoms with Crippen LogP contribution in [0.15, 0.2) is 12.2 Å². The van der Waals surface area contributed by atoms with Crippen molar-refractivity contribution in [1.29, 1.82) is 0 Å². The van der Waals surface area contributed by atoms with Crippen molar-refractivity contribution >= 4 is 30.5 Å². The highest BCUT2D eigenvalue weighted by molar-refractivity contribution is 5.83. The summed E-state index contributed by atoms with van der Waals surface area (Å²) in [7, 11) is 0. The number of carboxylic acids is 3. The zero-order chi connectivity index (χ0) is 41.9. The van der Waals surface area contributed by atoms with Gasteiger partial charge in [-0.25, -0.2) is 0 Å². The first-order valence-corrected chi connectivity index (χ1v) is 18.4. The summed E-state index contributed by atoms with van der Waals surface area (Å²) in [5, 5.41) is 38.2. The summed E-state index contributed by atoms with van der Waals surface area (Å²) in [6.45, 7) is 34.0. The van der Waals surface area contributed by atoms with Crippen LogP contribution in [-0.2, 0) is 28.7 Å². The zero-order valence-corrected chi connectivity index (χ0v) is 35.3. The Balaban J connectivity index is -0.000000191. The van der Waals surface area contributed by atoms with Gasteiger partial charge in [0.1, 0.15) is 12.6 Å². The lowest BCUT2D eigenvalue weighted by atomic mass is 9.90. The lowest BCUT2D eigenvalue weighted by molar-refractivity contribution is -0.138. The highest BCUT2D eigenvalue weighted by Gasteiger charge is 2.18. The van der Waals surface area contributed by atoms with Gasteiger partial charge < -0.3 is 46.1 Å². The number of carboxylic acid groups (broad SMARTS) is 3. The van der Waals surface area contributed by atoms with Gasteiger partial charge in [-0.15, -0.1) is 0 Å². The zero-order valence-electron chi connectivity index (χ0n) is 35.3. The standard InChI is InChI=1S/C12H23NO3.C11H24N2O2.C8H17NO2.C7H14O.CH2O/c1-12(2,3)13-8-5-4-6-9-16-10-7-11(14)15;1-11(2,3)13-9-5-8-12-7-4-6-10(14)15;1-8(2,3)9-6-4-5-7(10)11;1-5-6(8)7(2,3)4;1-2/h4-5,13H,6-10H2,1-3H3,(H,14,15);12-13H,4-9H2,1-3H3,(H,14,15);9H,4-6H2,1-3H3,(H,10,11);5H2,1-4H3;1H2. The molecule has 13 heteroatoms. The van der Waals surface area contributed by atoms with Crippen LogP contribution in [0.2, 0.25) is 0 Å². The van der Waals surface area contributed by atoms with Crippen molar-refractivity contribution in [2.45, 2.75) is 158 Å². The number of carbonyl (C=O) groups is 5. The summed E-state index contributed by atoms with van der Waals surface area (Å²) in [5.41, 5.74) is 0.291. The van der Waals surface area contributed by atoms with Gasteiger partial charge in [0.05, 0.1) is 19.6 Å². The van der Waals surface area contributed by atoms with Crippen LogP contribution in [0.1, 0.15) is 141 Å². The Morgan fingerprint density at radius 3 is 1.35 bits per heavy atom. The number of carbonyl (C=O) groups excluding carboxylic acids is 2. The van der Waals surface area contributed by atoms with Gasteiger partial charge >= 0.3 is 17.9 Å². The summed E-state index contributed by atoms with van der Waals surface area (Å²) in [5.74, 6) is -1.92. The fourth-order valence-electron chi connectivity index (χ4n) is 3.38. The van der Waals surface area contributed by atoms with Crippen molar-refractivity contribution in [3.63, 3.8) is 0 Å².